The van der Waals surface area contributed by atoms with Gasteiger partial charge in [-0.3, -0.25) is 4.79 Å². The van der Waals surface area contributed by atoms with Gasteiger partial charge in [-0.2, -0.15) is 5.26 Å². The fourth-order valence-corrected chi connectivity index (χ4v) is 4.44. The molecule has 0 spiro atoms. The van der Waals surface area contributed by atoms with E-state index in [1.54, 1.807) is 13.8 Å². The molecule has 0 heterocycles. The first kappa shape index (κ1) is 15.0. The lowest BCUT2D eigenvalue weighted by molar-refractivity contribution is -0.147. The lowest BCUT2D eigenvalue weighted by Gasteiger charge is -2.24. The first-order valence-electron chi connectivity index (χ1n) is 6.14. The highest BCUT2D eigenvalue weighted by molar-refractivity contribution is 7.93. The zero-order valence-corrected chi connectivity index (χ0v) is 11.8. The molecule has 5 nitrogen and oxygen atoms in total. The molecule has 1 aliphatic rings. The lowest BCUT2D eigenvalue weighted by atomic mass is 9.99. The first-order valence-corrected chi connectivity index (χ1v) is 7.80. The van der Waals surface area contributed by atoms with Gasteiger partial charge in [0.25, 0.3) is 0 Å². The molecule has 0 saturated heterocycles. The lowest BCUT2D eigenvalue weighted by Crippen LogP contribution is -2.41. The largest absolute Gasteiger partial charge is 0.466 e. The van der Waals surface area contributed by atoms with Gasteiger partial charge in [0, 0.05) is 5.75 Å². The van der Waals surface area contributed by atoms with Gasteiger partial charge < -0.3 is 4.74 Å². The maximum absolute atomic E-state index is 12.1. The van der Waals surface area contributed by atoms with E-state index in [0.29, 0.717) is 6.42 Å². The minimum absolute atomic E-state index is 0.0552. The molecule has 0 aromatic rings. The summed E-state index contributed by atoms with van der Waals surface area (Å²) < 4.78 is 27.7. The molecule has 0 N–H and O–H groups in total. The second-order valence-corrected chi connectivity index (χ2v) is 7.23. The molecule has 0 unspecified atom stereocenters. The third-order valence-electron chi connectivity index (χ3n) is 3.73. The van der Waals surface area contributed by atoms with Crippen molar-refractivity contribution in [1.29, 1.82) is 5.26 Å². The Morgan fingerprint density at radius 3 is 2.56 bits per heavy atom. The average Bonchev–Trinajstić information content (AvgIpc) is 2.68. The molecule has 1 fully saturated rings. The molecule has 18 heavy (non-hydrogen) atoms. The van der Waals surface area contributed by atoms with Crippen LogP contribution in [0, 0.1) is 23.2 Å². The van der Waals surface area contributed by atoms with Crippen molar-refractivity contribution in [1.82, 2.24) is 0 Å². The predicted molar refractivity (Wildman–Crippen MR) is 66.3 cm³/mol. The van der Waals surface area contributed by atoms with Crippen molar-refractivity contribution >= 4 is 15.8 Å². The van der Waals surface area contributed by atoms with E-state index in [0.717, 1.165) is 0 Å². The number of carbonyl (C=O) groups excluding carboxylic acids is 1. The SMILES string of the molecule is CCOC(=O)[C@@H]1C[C@H](C)[C@@](C#N)(S(=O)(=O)CC)C1. The van der Waals surface area contributed by atoms with Crippen molar-refractivity contribution < 1.29 is 17.9 Å². The predicted octanol–water partition coefficient (Wildman–Crippen LogP) is 1.29. The molecular weight excluding hydrogens is 254 g/mol. The molecule has 0 aromatic carbocycles. The highest BCUT2D eigenvalue weighted by atomic mass is 32.2. The standard InChI is InChI=1S/C12H19NO4S/c1-4-17-11(14)10-6-9(3)12(7-10,8-13)18(15,16)5-2/h9-10H,4-7H2,1-3H3/t9-,10+,12+/m0/s1. The zero-order chi connectivity index (χ0) is 14.0. The molecule has 3 atom stereocenters. The van der Waals surface area contributed by atoms with E-state index in [1.165, 1.54) is 6.92 Å². The molecular formula is C12H19NO4S. The van der Waals surface area contributed by atoms with E-state index in [9.17, 15) is 18.5 Å². The van der Waals surface area contributed by atoms with Crippen LogP contribution in [-0.4, -0.2) is 31.5 Å². The Balaban J connectivity index is 3.06. The summed E-state index contributed by atoms with van der Waals surface area (Å²) in [7, 11) is -3.51. The van der Waals surface area contributed by atoms with Crippen LogP contribution in [0.1, 0.15) is 33.6 Å². The number of hydrogen-bond acceptors (Lipinski definition) is 5. The Hall–Kier alpha value is -1.09. The topological polar surface area (TPSA) is 84.2 Å². The Morgan fingerprint density at radius 2 is 2.11 bits per heavy atom. The van der Waals surface area contributed by atoms with Gasteiger partial charge in [0.05, 0.1) is 18.6 Å². The summed E-state index contributed by atoms with van der Waals surface area (Å²) >= 11 is 0. The maximum atomic E-state index is 12.1. The fourth-order valence-electron chi connectivity index (χ4n) is 2.62. The molecule has 1 rings (SSSR count). The van der Waals surface area contributed by atoms with Crippen LogP contribution in [0.4, 0.5) is 0 Å². The summed E-state index contributed by atoms with van der Waals surface area (Å²) in [6.07, 6.45) is 0.450. The number of ether oxygens (including phenoxy) is 1. The Bertz CT molecular complexity index is 465. The molecule has 0 radical (unpaired) electrons. The second-order valence-electron chi connectivity index (χ2n) is 4.69. The summed E-state index contributed by atoms with van der Waals surface area (Å²) in [4.78, 5) is 11.7. The number of nitriles is 1. The summed E-state index contributed by atoms with van der Waals surface area (Å²) in [5.74, 6) is -1.31. The van der Waals surface area contributed by atoms with Gasteiger partial charge in [-0.25, -0.2) is 8.42 Å². The van der Waals surface area contributed by atoms with Crippen molar-refractivity contribution in [3.05, 3.63) is 0 Å². The van der Waals surface area contributed by atoms with Gasteiger partial charge in [-0.1, -0.05) is 13.8 Å². The third kappa shape index (κ3) is 2.24. The van der Waals surface area contributed by atoms with Gasteiger partial charge >= 0.3 is 5.97 Å². The van der Waals surface area contributed by atoms with Crippen molar-refractivity contribution in [2.45, 2.75) is 38.4 Å². The number of sulfone groups is 1. The van der Waals surface area contributed by atoms with Crippen molar-refractivity contribution in [2.24, 2.45) is 11.8 Å². The molecule has 102 valence electrons. The Labute approximate surface area is 108 Å². The molecule has 0 aliphatic heterocycles. The van der Waals surface area contributed by atoms with E-state index in [2.05, 4.69) is 0 Å². The van der Waals surface area contributed by atoms with E-state index < -0.39 is 26.5 Å². The van der Waals surface area contributed by atoms with Crippen LogP contribution < -0.4 is 0 Å². The number of rotatable bonds is 4. The van der Waals surface area contributed by atoms with Gasteiger partial charge in [0.1, 0.15) is 0 Å². The average molecular weight is 273 g/mol. The van der Waals surface area contributed by atoms with E-state index >= 15 is 0 Å². The second kappa shape index (κ2) is 5.27. The summed E-state index contributed by atoms with van der Waals surface area (Å²) in [6, 6.07) is 1.95. The summed E-state index contributed by atoms with van der Waals surface area (Å²) in [5.41, 5.74) is 0. The number of carbonyl (C=O) groups is 1. The van der Waals surface area contributed by atoms with Crippen LogP contribution in [0.25, 0.3) is 0 Å². The van der Waals surface area contributed by atoms with Gasteiger partial charge in [-0.05, 0) is 25.7 Å². The first-order chi connectivity index (χ1) is 8.34. The highest BCUT2D eigenvalue weighted by Gasteiger charge is 2.56. The molecule has 1 saturated carbocycles. The Kier molecular flexibility index (Phi) is 4.38. The van der Waals surface area contributed by atoms with Gasteiger partial charge in [0.2, 0.25) is 0 Å². The third-order valence-corrected chi connectivity index (χ3v) is 6.26. The van der Waals surface area contributed by atoms with Crippen LogP contribution in [0.3, 0.4) is 0 Å². The Morgan fingerprint density at radius 1 is 1.50 bits per heavy atom. The van der Waals surface area contributed by atoms with E-state index in [-0.39, 0.29) is 24.7 Å². The molecule has 0 bridgehead atoms. The van der Waals surface area contributed by atoms with E-state index in [1.807, 2.05) is 6.07 Å². The normalized spacial score (nSPS) is 31.9. The van der Waals surface area contributed by atoms with Crippen LogP contribution >= 0.6 is 0 Å². The van der Waals surface area contributed by atoms with Crippen LogP contribution in [0.15, 0.2) is 0 Å². The van der Waals surface area contributed by atoms with E-state index in [4.69, 9.17) is 4.74 Å². The summed E-state index contributed by atoms with van der Waals surface area (Å²) in [6.45, 7) is 5.22. The minimum atomic E-state index is -3.51. The van der Waals surface area contributed by atoms with Crippen LogP contribution in [-0.2, 0) is 19.4 Å². The number of esters is 1. The van der Waals surface area contributed by atoms with Crippen molar-refractivity contribution in [2.75, 3.05) is 12.4 Å². The van der Waals surface area contributed by atoms with Gasteiger partial charge in [0.15, 0.2) is 14.6 Å². The number of nitrogens with zero attached hydrogens (tertiary/aromatic N) is 1. The van der Waals surface area contributed by atoms with Crippen LogP contribution in [0.2, 0.25) is 0 Å². The molecule has 0 aromatic heterocycles. The summed E-state index contributed by atoms with van der Waals surface area (Å²) in [5, 5.41) is 9.30. The number of hydrogen-bond donors (Lipinski definition) is 0. The minimum Gasteiger partial charge on any atom is -0.466 e. The molecule has 1 aliphatic carbocycles. The monoisotopic (exact) mass is 273 g/mol. The highest BCUT2D eigenvalue weighted by Crippen LogP contribution is 2.45. The fraction of sp³-hybridized carbons (Fsp3) is 0.833. The van der Waals surface area contributed by atoms with Gasteiger partial charge in [-0.15, -0.1) is 0 Å². The van der Waals surface area contributed by atoms with Crippen molar-refractivity contribution in [3.8, 4) is 6.07 Å². The van der Waals surface area contributed by atoms with Crippen molar-refractivity contribution in [3.63, 3.8) is 0 Å². The molecule has 6 heteroatoms. The quantitative estimate of drug-likeness (QED) is 0.721. The van der Waals surface area contributed by atoms with Crippen LogP contribution in [0.5, 0.6) is 0 Å². The zero-order valence-electron chi connectivity index (χ0n) is 11.0. The molecule has 0 amide bonds. The maximum Gasteiger partial charge on any atom is 0.309 e. The smallest absolute Gasteiger partial charge is 0.309 e.